The molecule has 0 bridgehead atoms. The average Bonchev–Trinajstić information content (AvgIpc) is 3.18. The first-order valence-electron chi connectivity index (χ1n) is 7.88. The molecule has 0 unspecified atom stereocenters. The largest absolute Gasteiger partial charge is 0.431 e. The second-order valence-corrected chi connectivity index (χ2v) is 7.79. The monoisotopic (exact) mass is 376 g/mol. The Morgan fingerprint density at radius 2 is 2.20 bits per heavy atom. The predicted molar refractivity (Wildman–Crippen MR) is 101 cm³/mol. The summed E-state index contributed by atoms with van der Waals surface area (Å²) in [6.45, 7) is 3.44. The summed E-state index contributed by atoms with van der Waals surface area (Å²) in [6.07, 6.45) is 0. The van der Waals surface area contributed by atoms with E-state index in [1.807, 2.05) is 44.1 Å². The van der Waals surface area contributed by atoms with Gasteiger partial charge in [0, 0.05) is 18.5 Å². The van der Waals surface area contributed by atoms with Crippen molar-refractivity contribution in [2.24, 2.45) is 0 Å². The van der Waals surface area contributed by atoms with Crippen molar-refractivity contribution in [2.75, 3.05) is 27.2 Å². The molecule has 3 rings (SSSR count). The van der Waals surface area contributed by atoms with E-state index in [4.69, 9.17) is 4.42 Å². The lowest BCUT2D eigenvalue weighted by atomic mass is 10.2. The Labute approximate surface area is 154 Å². The van der Waals surface area contributed by atoms with Crippen LogP contribution in [0, 0.1) is 6.92 Å². The molecule has 1 aromatic carbocycles. The van der Waals surface area contributed by atoms with Crippen LogP contribution in [-0.4, -0.2) is 48.0 Å². The second-order valence-electron chi connectivity index (χ2n) is 5.93. The standard InChI is InChI=1S/C17H20N4O2S2/c1-11-4-5-14-12(8-11)20-17(23-14)25-10-15-19-13(9-24-15)16(22)18-6-7-21(2)3/h4-5,8-9H,6-7,10H2,1-3H3,(H,18,22). The van der Waals surface area contributed by atoms with Gasteiger partial charge >= 0.3 is 0 Å². The zero-order chi connectivity index (χ0) is 17.8. The number of carbonyl (C=O) groups is 1. The number of nitrogens with one attached hydrogen (secondary N) is 1. The number of fused-ring (bicyclic) bond motifs is 1. The zero-order valence-corrected chi connectivity index (χ0v) is 16.0. The minimum atomic E-state index is -0.133. The Kier molecular flexibility index (Phi) is 5.72. The Morgan fingerprint density at radius 1 is 1.36 bits per heavy atom. The van der Waals surface area contributed by atoms with Crippen molar-refractivity contribution in [1.82, 2.24) is 20.2 Å². The number of benzene rings is 1. The Morgan fingerprint density at radius 3 is 3.00 bits per heavy atom. The van der Waals surface area contributed by atoms with Crippen LogP contribution in [0.1, 0.15) is 21.1 Å². The number of thiazole rings is 1. The molecule has 2 heterocycles. The van der Waals surface area contributed by atoms with E-state index in [2.05, 4.69) is 15.3 Å². The number of carbonyl (C=O) groups excluding carboxylic acids is 1. The first-order chi connectivity index (χ1) is 12.0. The molecule has 0 aliphatic carbocycles. The Bertz CT molecular complexity index is 873. The number of rotatable bonds is 7. The summed E-state index contributed by atoms with van der Waals surface area (Å²) in [7, 11) is 3.94. The van der Waals surface area contributed by atoms with Gasteiger partial charge in [-0.05, 0) is 38.7 Å². The third-order valence-corrected chi connectivity index (χ3v) is 5.34. The number of hydrogen-bond donors (Lipinski definition) is 1. The van der Waals surface area contributed by atoms with Crippen molar-refractivity contribution in [3.63, 3.8) is 0 Å². The van der Waals surface area contributed by atoms with Crippen molar-refractivity contribution in [3.05, 3.63) is 39.8 Å². The highest BCUT2D eigenvalue weighted by Crippen LogP contribution is 2.27. The summed E-state index contributed by atoms with van der Waals surface area (Å²) >= 11 is 2.96. The van der Waals surface area contributed by atoms with E-state index in [0.29, 0.717) is 23.2 Å². The van der Waals surface area contributed by atoms with Crippen LogP contribution in [0.5, 0.6) is 0 Å². The molecule has 1 amide bonds. The van der Waals surface area contributed by atoms with Gasteiger partial charge in [0.2, 0.25) is 0 Å². The molecule has 0 spiro atoms. The van der Waals surface area contributed by atoms with Crippen molar-refractivity contribution in [2.45, 2.75) is 17.9 Å². The molecule has 0 aliphatic rings. The molecule has 25 heavy (non-hydrogen) atoms. The molecule has 6 nitrogen and oxygen atoms in total. The van der Waals surface area contributed by atoms with E-state index in [1.165, 1.54) is 23.1 Å². The highest BCUT2D eigenvalue weighted by atomic mass is 32.2. The molecule has 0 atom stereocenters. The van der Waals surface area contributed by atoms with Crippen molar-refractivity contribution in [3.8, 4) is 0 Å². The summed E-state index contributed by atoms with van der Waals surface area (Å²) < 4.78 is 5.72. The number of amides is 1. The molecule has 1 N–H and O–H groups in total. The number of thioether (sulfide) groups is 1. The quantitative estimate of drug-likeness (QED) is 0.639. The fourth-order valence-electron chi connectivity index (χ4n) is 2.17. The number of nitrogens with zero attached hydrogens (tertiary/aromatic N) is 3. The number of aryl methyl sites for hydroxylation is 1. The molecule has 132 valence electrons. The van der Waals surface area contributed by atoms with Crippen molar-refractivity contribution >= 4 is 40.1 Å². The summed E-state index contributed by atoms with van der Waals surface area (Å²) in [6, 6.07) is 5.94. The third kappa shape index (κ3) is 4.81. The molecular weight excluding hydrogens is 356 g/mol. The van der Waals surface area contributed by atoms with Crippen LogP contribution >= 0.6 is 23.1 Å². The third-order valence-electron chi connectivity index (χ3n) is 3.47. The molecule has 2 aromatic heterocycles. The van der Waals surface area contributed by atoms with Gasteiger partial charge in [-0.15, -0.1) is 11.3 Å². The summed E-state index contributed by atoms with van der Waals surface area (Å²) in [5.74, 6) is 0.494. The first kappa shape index (κ1) is 17.9. The van der Waals surface area contributed by atoms with Gasteiger partial charge in [0.1, 0.15) is 16.2 Å². The fraction of sp³-hybridized carbons (Fsp3) is 0.353. The molecule has 0 fully saturated rings. The van der Waals surface area contributed by atoms with E-state index < -0.39 is 0 Å². The van der Waals surface area contributed by atoms with Crippen LogP contribution < -0.4 is 5.32 Å². The van der Waals surface area contributed by atoms with E-state index in [1.54, 1.807) is 5.38 Å². The first-order valence-corrected chi connectivity index (χ1v) is 9.75. The Hall–Kier alpha value is -1.90. The zero-order valence-electron chi connectivity index (χ0n) is 14.4. The van der Waals surface area contributed by atoms with Crippen LogP contribution in [0.4, 0.5) is 0 Å². The number of aromatic nitrogens is 2. The summed E-state index contributed by atoms with van der Waals surface area (Å²) in [5.41, 5.74) is 3.27. The molecular formula is C17H20N4O2S2. The van der Waals surface area contributed by atoms with Crippen LogP contribution in [0.25, 0.3) is 11.1 Å². The van der Waals surface area contributed by atoms with E-state index in [-0.39, 0.29) is 5.91 Å². The lowest BCUT2D eigenvalue weighted by molar-refractivity contribution is 0.0946. The van der Waals surface area contributed by atoms with E-state index >= 15 is 0 Å². The summed E-state index contributed by atoms with van der Waals surface area (Å²) in [4.78, 5) is 22.9. The van der Waals surface area contributed by atoms with Gasteiger partial charge in [0.15, 0.2) is 5.58 Å². The van der Waals surface area contributed by atoms with Crippen LogP contribution in [0.3, 0.4) is 0 Å². The normalized spacial score (nSPS) is 11.4. The van der Waals surface area contributed by atoms with E-state index in [0.717, 1.165) is 28.2 Å². The maximum absolute atomic E-state index is 12.0. The van der Waals surface area contributed by atoms with Crippen molar-refractivity contribution in [1.29, 1.82) is 0 Å². The maximum Gasteiger partial charge on any atom is 0.270 e. The minimum absolute atomic E-state index is 0.133. The van der Waals surface area contributed by atoms with Gasteiger partial charge in [-0.2, -0.15) is 0 Å². The minimum Gasteiger partial charge on any atom is -0.431 e. The topological polar surface area (TPSA) is 71.3 Å². The van der Waals surface area contributed by atoms with E-state index in [9.17, 15) is 4.79 Å². The number of hydrogen-bond acceptors (Lipinski definition) is 7. The van der Waals surface area contributed by atoms with Crippen LogP contribution in [0.15, 0.2) is 33.2 Å². The number of likely N-dealkylation sites (N-methyl/N-ethyl adjacent to an activating group) is 1. The predicted octanol–water partition coefficient (Wildman–Crippen LogP) is 3.18. The molecule has 0 aliphatic heterocycles. The van der Waals surface area contributed by atoms with Gasteiger partial charge in [-0.25, -0.2) is 9.97 Å². The molecule has 0 radical (unpaired) electrons. The molecule has 3 aromatic rings. The van der Waals surface area contributed by atoms with Gasteiger partial charge in [0.05, 0.1) is 5.75 Å². The highest BCUT2D eigenvalue weighted by Gasteiger charge is 2.12. The lowest BCUT2D eigenvalue weighted by Crippen LogP contribution is -2.31. The van der Waals surface area contributed by atoms with Gasteiger partial charge in [0.25, 0.3) is 11.1 Å². The second kappa shape index (κ2) is 7.99. The van der Waals surface area contributed by atoms with Crippen molar-refractivity contribution < 1.29 is 9.21 Å². The fourth-order valence-corrected chi connectivity index (χ4v) is 3.80. The molecule has 0 saturated heterocycles. The average molecular weight is 377 g/mol. The Balaban J connectivity index is 1.56. The SMILES string of the molecule is Cc1ccc2oc(SCc3nc(C(=O)NCCN(C)C)cs3)nc2c1. The van der Waals surface area contributed by atoms with Crippen LogP contribution in [-0.2, 0) is 5.75 Å². The van der Waals surface area contributed by atoms with Gasteiger partial charge < -0.3 is 14.6 Å². The highest BCUT2D eigenvalue weighted by molar-refractivity contribution is 7.98. The van der Waals surface area contributed by atoms with Gasteiger partial charge in [-0.3, -0.25) is 4.79 Å². The summed E-state index contributed by atoms with van der Waals surface area (Å²) in [5, 5.41) is 6.15. The van der Waals surface area contributed by atoms with Gasteiger partial charge in [-0.1, -0.05) is 17.8 Å². The lowest BCUT2D eigenvalue weighted by Gasteiger charge is -2.09. The smallest absolute Gasteiger partial charge is 0.270 e. The molecule has 0 saturated carbocycles. The van der Waals surface area contributed by atoms with Crippen LogP contribution in [0.2, 0.25) is 0 Å². The maximum atomic E-state index is 12.0. The number of oxazole rings is 1. The molecule has 8 heteroatoms.